The lowest BCUT2D eigenvalue weighted by atomic mass is 10.1. The van der Waals surface area contributed by atoms with Gasteiger partial charge >= 0.3 is 0 Å². The highest BCUT2D eigenvalue weighted by atomic mass is 32.1. The van der Waals surface area contributed by atoms with Crippen molar-refractivity contribution in [3.05, 3.63) is 76.3 Å². The number of thiazole rings is 1. The molecule has 3 aromatic rings. The zero-order chi connectivity index (χ0) is 21.5. The lowest BCUT2D eigenvalue weighted by Crippen LogP contribution is -2.18. The summed E-state index contributed by atoms with van der Waals surface area (Å²) in [6.07, 6.45) is 4.38. The molecule has 2 aromatic carbocycles. The highest BCUT2D eigenvalue weighted by Gasteiger charge is 2.13. The third kappa shape index (κ3) is 5.71. The van der Waals surface area contributed by atoms with Crippen molar-refractivity contribution in [2.45, 2.75) is 13.0 Å². The van der Waals surface area contributed by atoms with E-state index in [0.717, 1.165) is 6.07 Å². The Kier molecular flexibility index (Phi) is 7.26. The number of rotatable bonds is 8. The fourth-order valence-electron chi connectivity index (χ4n) is 2.71. The van der Waals surface area contributed by atoms with Crippen molar-refractivity contribution < 1.29 is 23.0 Å². The van der Waals surface area contributed by atoms with E-state index in [0.29, 0.717) is 28.6 Å². The Labute approximate surface area is 177 Å². The standard InChI is InChI=1S/C22H20F2N2O3S/c1-14(13-28-2)29-18-11-15(6-7-16-4-3-5-19(23)20(16)24)10-17(12-18)21(27)26-22-25-8-9-30-22/h3-12,14H,13H2,1-2H3,(H,25,26,27)/t14-/m0/s1. The molecule has 0 aliphatic heterocycles. The van der Waals surface area contributed by atoms with E-state index in [-0.39, 0.29) is 17.6 Å². The van der Waals surface area contributed by atoms with E-state index in [1.165, 1.54) is 29.5 Å². The number of amides is 1. The van der Waals surface area contributed by atoms with Gasteiger partial charge in [-0.05, 0) is 36.8 Å². The molecule has 3 rings (SSSR count). The lowest BCUT2D eigenvalue weighted by molar-refractivity contribution is 0.0917. The maximum atomic E-state index is 13.9. The van der Waals surface area contributed by atoms with Gasteiger partial charge in [-0.1, -0.05) is 24.3 Å². The van der Waals surface area contributed by atoms with Crippen molar-refractivity contribution in [3.8, 4) is 5.75 Å². The van der Waals surface area contributed by atoms with Crippen molar-refractivity contribution in [3.63, 3.8) is 0 Å². The number of carbonyl (C=O) groups excluding carboxylic acids is 1. The first kappa shape index (κ1) is 21.6. The number of anilines is 1. The van der Waals surface area contributed by atoms with Gasteiger partial charge in [-0.25, -0.2) is 13.8 Å². The predicted octanol–water partition coefficient (Wildman–Crippen LogP) is 5.26. The molecule has 5 nitrogen and oxygen atoms in total. The summed E-state index contributed by atoms with van der Waals surface area (Å²) in [7, 11) is 1.57. The maximum absolute atomic E-state index is 13.9. The number of hydrogen-bond donors (Lipinski definition) is 1. The molecule has 0 aliphatic rings. The van der Waals surface area contributed by atoms with Crippen molar-refractivity contribution in [1.29, 1.82) is 0 Å². The number of benzene rings is 2. The van der Waals surface area contributed by atoms with Crippen LogP contribution in [0.4, 0.5) is 13.9 Å². The summed E-state index contributed by atoms with van der Waals surface area (Å²) in [5, 5.41) is 4.94. The number of ether oxygens (including phenoxy) is 2. The average Bonchev–Trinajstić information content (AvgIpc) is 3.22. The number of hydrogen-bond acceptors (Lipinski definition) is 5. The van der Waals surface area contributed by atoms with Crippen molar-refractivity contribution in [2.75, 3.05) is 19.0 Å². The quantitative estimate of drug-likeness (QED) is 0.496. The zero-order valence-corrected chi connectivity index (χ0v) is 17.2. The monoisotopic (exact) mass is 430 g/mol. The Hall–Kier alpha value is -3.10. The van der Waals surface area contributed by atoms with Crippen LogP contribution >= 0.6 is 11.3 Å². The molecule has 30 heavy (non-hydrogen) atoms. The van der Waals surface area contributed by atoms with Crippen LogP contribution in [-0.4, -0.2) is 30.7 Å². The number of nitrogens with zero attached hydrogens (tertiary/aromatic N) is 1. The molecule has 1 atom stereocenters. The van der Waals surface area contributed by atoms with Gasteiger partial charge in [0.1, 0.15) is 11.9 Å². The molecule has 0 fully saturated rings. The molecular weight excluding hydrogens is 410 g/mol. The molecule has 0 bridgehead atoms. The molecule has 8 heteroatoms. The maximum Gasteiger partial charge on any atom is 0.257 e. The second-order valence-electron chi connectivity index (χ2n) is 6.44. The van der Waals surface area contributed by atoms with Crippen LogP contribution in [0.15, 0.2) is 48.0 Å². The van der Waals surface area contributed by atoms with Crippen LogP contribution in [0.2, 0.25) is 0 Å². The van der Waals surface area contributed by atoms with Crippen LogP contribution in [0, 0.1) is 11.6 Å². The summed E-state index contributed by atoms with van der Waals surface area (Å²) in [6, 6.07) is 8.89. The fourth-order valence-corrected chi connectivity index (χ4v) is 3.23. The van der Waals surface area contributed by atoms with E-state index in [2.05, 4.69) is 10.3 Å². The number of carbonyl (C=O) groups is 1. The number of nitrogens with one attached hydrogen (secondary N) is 1. The van der Waals surface area contributed by atoms with E-state index in [1.807, 2.05) is 6.92 Å². The molecule has 156 valence electrons. The van der Waals surface area contributed by atoms with Gasteiger partial charge in [-0.15, -0.1) is 11.3 Å². The first-order valence-corrected chi connectivity index (χ1v) is 9.98. The van der Waals surface area contributed by atoms with Crippen LogP contribution in [-0.2, 0) is 4.74 Å². The molecule has 0 spiro atoms. The predicted molar refractivity (Wildman–Crippen MR) is 114 cm³/mol. The molecule has 1 amide bonds. The minimum atomic E-state index is -0.934. The van der Waals surface area contributed by atoms with Crippen molar-refractivity contribution in [2.24, 2.45) is 0 Å². The smallest absolute Gasteiger partial charge is 0.257 e. The summed E-state index contributed by atoms with van der Waals surface area (Å²) in [5.74, 6) is -1.77. The van der Waals surface area contributed by atoms with Gasteiger partial charge in [0.15, 0.2) is 16.8 Å². The average molecular weight is 430 g/mol. The van der Waals surface area contributed by atoms with Crippen LogP contribution in [0.1, 0.15) is 28.4 Å². The summed E-state index contributed by atoms with van der Waals surface area (Å²) in [6.45, 7) is 2.21. The summed E-state index contributed by atoms with van der Waals surface area (Å²) >= 11 is 1.30. The minimum absolute atomic E-state index is 0.0999. The molecule has 1 aromatic heterocycles. The number of aromatic nitrogens is 1. The Morgan fingerprint density at radius 3 is 2.83 bits per heavy atom. The molecular formula is C22H20F2N2O3S. The first-order valence-electron chi connectivity index (χ1n) is 9.10. The second-order valence-corrected chi connectivity index (χ2v) is 7.34. The third-order valence-electron chi connectivity index (χ3n) is 4.02. The number of halogens is 2. The van der Waals surface area contributed by atoms with E-state index in [9.17, 15) is 13.6 Å². The van der Waals surface area contributed by atoms with Crippen LogP contribution in [0.5, 0.6) is 5.75 Å². The minimum Gasteiger partial charge on any atom is -0.488 e. The van der Waals surface area contributed by atoms with E-state index in [1.54, 1.807) is 43.0 Å². The Morgan fingerprint density at radius 2 is 2.10 bits per heavy atom. The molecule has 1 N–H and O–H groups in total. The highest BCUT2D eigenvalue weighted by Crippen LogP contribution is 2.23. The van der Waals surface area contributed by atoms with Gasteiger partial charge in [-0.3, -0.25) is 10.1 Å². The highest BCUT2D eigenvalue weighted by molar-refractivity contribution is 7.13. The fraction of sp³-hybridized carbons (Fsp3) is 0.182. The summed E-state index contributed by atoms with van der Waals surface area (Å²) < 4.78 is 38.3. The second kappa shape index (κ2) is 10.1. The molecule has 1 heterocycles. The molecule has 0 aliphatic carbocycles. The van der Waals surface area contributed by atoms with Crippen LogP contribution in [0.3, 0.4) is 0 Å². The van der Waals surface area contributed by atoms with Crippen molar-refractivity contribution in [1.82, 2.24) is 4.98 Å². The lowest BCUT2D eigenvalue weighted by Gasteiger charge is -2.15. The third-order valence-corrected chi connectivity index (χ3v) is 4.71. The van der Waals surface area contributed by atoms with Gasteiger partial charge < -0.3 is 9.47 Å². The zero-order valence-electron chi connectivity index (χ0n) is 16.4. The van der Waals surface area contributed by atoms with Gasteiger partial charge in [0.25, 0.3) is 5.91 Å². The topological polar surface area (TPSA) is 60.5 Å². The molecule has 0 saturated carbocycles. The van der Waals surface area contributed by atoms with Crippen LogP contribution < -0.4 is 10.1 Å². The Bertz CT molecular complexity index is 1040. The molecule has 0 saturated heterocycles. The Balaban J connectivity index is 1.91. The van der Waals surface area contributed by atoms with Gasteiger partial charge in [0.2, 0.25) is 0 Å². The van der Waals surface area contributed by atoms with E-state index >= 15 is 0 Å². The first-order chi connectivity index (χ1) is 14.5. The van der Waals surface area contributed by atoms with Gasteiger partial charge in [0, 0.05) is 29.8 Å². The van der Waals surface area contributed by atoms with Gasteiger partial charge in [0.05, 0.1) is 6.61 Å². The van der Waals surface area contributed by atoms with E-state index < -0.39 is 11.6 Å². The summed E-state index contributed by atoms with van der Waals surface area (Å²) in [4.78, 5) is 16.7. The Morgan fingerprint density at radius 1 is 1.27 bits per heavy atom. The van der Waals surface area contributed by atoms with E-state index in [4.69, 9.17) is 9.47 Å². The largest absolute Gasteiger partial charge is 0.488 e. The number of methoxy groups -OCH3 is 1. The van der Waals surface area contributed by atoms with Crippen molar-refractivity contribution >= 4 is 34.5 Å². The summed E-state index contributed by atoms with van der Waals surface area (Å²) in [5.41, 5.74) is 1.03. The SMILES string of the molecule is COC[C@H](C)Oc1cc(C=Cc2cccc(F)c2F)cc(C(=O)Nc2nccs2)c1. The van der Waals surface area contributed by atoms with Crippen LogP contribution in [0.25, 0.3) is 12.2 Å². The van der Waals surface area contributed by atoms with Gasteiger partial charge in [-0.2, -0.15) is 0 Å². The molecule has 0 unspecified atom stereocenters. The molecule has 0 radical (unpaired) electrons. The normalized spacial score (nSPS) is 12.1.